The molecule has 6 nitrogen and oxygen atoms in total. The molecule has 1 N–H and O–H groups in total. The number of carbonyl (C=O) groups excluding carboxylic acids is 1. The fourth-order valence-corrected chi connectivity index (χ4v) is 2.42. The maximum Gasteiger partial charge on any atom is 0.270 e. The number of ketones is 1. The first-order valence-corrected chi connectivity index (χ1v) is 6.77. The second-order valence-electron chi connectivity index (χ2n) is 5.18. The minimum absolute atomic E-state index is 0.00254. The molecular weight excluding hydrogens is 282 g/mol. The van der Waals surface area contributed by atoms with Crippen LogP contribution in [0.3, 0.4) is 0 Å². The van der Waals surface area contributed by atoms with Crippen LogP contribution in [0.1, 0.15) is 16.1 Å². The van der Waals surface area contributed by atoms with Gasteiger partial charge in [-0.1, -0.05) is 0 Å². The Morgan fingerprint density at radius 3 is 2.86 bits per heavy atom. The molecule has 3 rings (SSSR count). The van der Waals surface area contributed by atoms with Gasteiger partial charge in [0.05, 0.1) is 16.9 Å². The number of aromatic amines is 1. The molecule has 1 aromatic carbocycles. The highest BCUT2D eigenvalue weighted by Crippen LogP contribution is 2.22. The van der Waals surface area contributed by atoms with Gasteiger partial charge in [0.2, 0.25) is 0 Å². The van der Waals surface area contributed by atoms with Crippen LogP contribution in [-0.2, 0) is 13.5 Å². The highest BCUT2D eigenvalue weighted by molar-refractivity contribution is 5.97. The summed E-state index contributed by atoms with van der Waals surface area (Å²) in [5.41, 5.74) is 2.20. The van der Waals surface area contributed by atoms with Crippen molar-refractivity contribution in [2.75, 3.05) is 0 Å². The summed E-state index contributed by atoms with van der Waals surface area (Å²) in [6.45, 7) is 0. The van der Waals surface area contributed by atoms with Crippen LogP contribution in [0, 0.1) is 10.1 Å². The Balaban J connectivity index is 1.87. The Morgan fingerprint density at radius 1 is 1.32 bits per heavy atom. The Hall–Kier alpha value is -3.02. The summed E-state index contributed by atoms with van der Waals surface area (Å²) in [6, 6.07) is 9.98. The predicted octanol–water partition coefficient (Wildman–Crippen LogP) is 2.33. The van der Waals surface area contributed by atoms with Crippen LogP contribution in [0.25, 0.3) is 10.9 Å². The summed E-state index contributed by atoms with van der Waals surface area (Å²) < 4.78 is 1.82. The first kappa shape index (κ1) is 13.9. The number of H-pyrrole nitrogens is 1. The number of nitro benzene ring substituents is 1. The largest absolute Gasteiger partial charge is 0.358 e. The van der Waals surface area contributed by atoms with Gasteiger partial charge < -0.3 is 4.98 Å². The van der Waals surface area contributed by atoms with Crippen LogP contribution in [0.4, 0.5) is 5.69 Å². The van der Waals surface area contributed by atoms with Gasteiger partial charge in [0.15, 0.2) is 18.2 Å². The van der Waals surface area contributed by atoms with E-state index < -0.39 is 4.92 Å². The summed E-state index contributed by atoms with van der Waals surface area (Å²) in [6.07, 6.45) is 3.86. The van der Waals surface area contributed by atoms with Crippen LogP contribution in [0.5, 0.6) is 0 Å². The van der Waals surface area contributed by atoms with Crippen LogP contribution in [-0.4, -0.2) is 15.7 Å². The van der Waals surface area contributed by atoms with E-state index in [0.29, 0.717) is 5.56 Å². The molecule has 0 aliphatic carbocycles. The second kappa shape index (κ2) is 5.40. The van der Waals surface area contributed by atoms with Gasteiger partial charge in [0.1, 0.15) is 7.05 Å². The van der Waals surface area contributed by atoms with E-state index in [0.717, 1.165) is 16.6 Å². The minimum Gasteiger partial charge on any atom is -0.358 e. The molecule has 3 aromatic rings. The van der Waals surface area contributed by atoms with Crippen molar-refractivity contribution in [2.24, 2.45) is 7.05 Å². The second-order valence-corrected chi connectivity index (χ2v) is 5.18. The number of benzene rings is 1. The number of aryl methyl sites for hydroxylation is 1. The lowest BCUT2D eigenvalue weighted by Gasteiger charge is -1.97. The smallest absolute Gasteiger partial charge is 0.270 e. The van der Waals surface area contributed by atoms with Crippen LogP contribution in [0.2, 0.25) is 0 Å². The van der Waals surface area contributed by atoms with Crippen molar-refractivity contribution in [3.05, 3.63) is 70.2 Å². The van der Waals surface area contributed by atoms with E-state index in [1.807, 2.05) is 23.9 Å². The van der Waals surface area contributed by atoms with Crippen molar-refractivity contribution in [1.29, 1.82) is 0 Å². The molecule has 0 spiro atoms. The first-order valence-electron chi connectivity index (χ1n) is 6.77. The molecule has 6 heteroatoms. The van der Waals surface area contributed by atoms with Gasteiger partial charge in [0, 0.05) is 34.8 Å². The highest BCUT2D eigenvalue weighted by Gasteiger charge is 2.13. The normalized spacial score (nSPS) is 10.8. The monoisotopic (exact) mass is 296 g/mol. The number of nitro groups is 1. The Labute approximate surface area is 126 Å². The number of nitrogens with one attached hydrogen (secondary N) is 1. The third kappa shape index (κ3) is 2.71. The zero-order valence-corrected chi connectivity index (χ0v) is 11.9. The Kier molecular flexibility index (Phi) is 3.42. The number of carbonyl (C=O) groups is 1. The van der Waals surface area contributed by atoms with Crippen LogP contribution in [0.15, 0.2) is 48.8 Å². The van der Waals surface area contributed by atoms with E-state index in [-0.39, 0.29) is 17.9 Å². The molecule has 0 radical (unpaired) electrons. The molecule has 0 saturated heterocycles. The van der Waals surface area contributed by atoms with E-state index in [1.54, 1.807) is 24.4 Å². The number of aromatic nitrogens is 2. The lowest BCUT2D eigenvalue weighted by Crippen LogP contribution is -2.28. The topological polar surface area (TPSA) is 79.9 Å². The first-order chi connectivity index (χ1) is 10.5. The van der Waals surface area contributed by atoms with Crippen molar-refractivity contribution in [1.82, 2.24) is 4.98 Å². The molecule has 0 bridgehead atoms. The number of fused-ring (bicyclic) bond motifs is 1. The average molecular weight is 296 g/mol. The number of rotatable bonds is 4. The zero-order valence-electron chi connectivity index (χ0n) is 11.9. The van der Waals surface area contributed by atoms with Crippen molar-refractivity contribution in [3.8, 4) is 0 Å². The molecule has 2 heterocycles. The lowest BCUT2D eigenvalue weighted by molar-refractivity contribution is -0.671. The van der Waals surface area contributed by atoms with E-state index in [2.05, 4.69) is 4.98 Å². The molecule has 0 amide bonds. The molecular formula is C16H14N3O3+. The Morgan fingerprint density at radius 2 is 2.14 bits per heavy atom. The summed E-state index contributed by atoms with van der Waals surface area (Å²) in [7, 11) is 1.86. The van der Waals surface area contributed by atoms with E-state index in [9.17, 15) is 14.9 Å². The van der Waals surface area contributed by atoms with E-state index in [4.69, 9.17) is 0 Å². The molecule has 110 valence electrons. The molecule has 0 atom stereocenters. The predicted molar refractivity (Wildman–Crippen MR) is 80.6 cm³/mol. The summed E-state index contributed by atoms with van der Waals surface area (Å²) in [5, 5.41) is 11.5. The maximum absolute atomic E-state index is 12.3. The summed E-state index contributed by atoms with van der Waals surface area (Å²) in [5.74, 6) is -0.00254. The third-order valence-corrected chi connectivity index (χ3v) is 3.48. The molecule has 22 heavy (non-hydrogen) atoms. The Bertz CT molecular complexity index is 883. The lowest BCUT2D eigenvalue weighted by atomic mass is 10.1. The van der Waals surface area contributed by atoms with Crippen molar-refractivity contribution < 1.29 is 14.3 Å². The van der Waals surface area contributed by atoms with Gasteiger partial charge in [0.25, 0.3) is 5.69 Å². The van der Waals surface area contributed by atoms with Crippen LogP contribution < -0.4 is 4.57 Å². The fourth-order valence-electron chi connectivity index (χ4n) is 2.42. The van der Waals surface area contributed by atoms with Gasteiger partial charge in [-0.25, -0.2) is 4.57 Å². The average Bonchev–Trinajstić information content (AvgIpc) is 2.88. The molecule has 0 unspecified atom stereocenters. The molecule has 0 aliphatic rings. The SMILES string of the molecule is C[n+]1cccc(C(=O)Cc2cc3cc([N+](=O)[O-])ccc3[nH]2)c1. The van der Waals surface area contributed by atoms with Crippen LogP contribution >= 0.6 is 0 Å². The highest BCUT2D eigenvalue weighted by atomic mass is 16.6. The summed E-state index contributed by atoms with van der Waals surface area (Å²) >= 11 is 0. The number of pyridine rings is 1. The number of hydrogen-bond acceptors (Lipinski definition) is 3. The van der Waals surface area contributed by atoms with Crippen molar-refractivity contribution >= 4 is 22.4 Å². The number of hydrogen-bond donors (Lipinski definition) is 1. The van der Waals surface area contributed by atoms with Crippen molar-refractivity contribution in [2.45, 2.75) is 6.42 Å². The zero-order chi connectivity index (χ0) is 15.7. The fraction of sp³-hybridized carbons (Fsp3) is 0.125. The van der Waals surface area contributed by atoms with Crippen molar-refractivity contribution in [3.63, 3.8) is 0 Å². The van der Waals surface area contributed by atoms with Gasteiger partial charge in [-0.3, -0.25) is 14.9 Å². The standard InChI is InChI=1S/C16H14N3O3/c1-18-6-2-3-11(10-18)16(20)9-13-7-12-8-14(19(21)22)4-5-15(12)17-13/h2-8,10,17H,9H2,1H3/q+1. The van der Waals surface area contributed by atoms with Gasteiger partial charge in [-0.2, -0.15) is 0 Å². The number of nitrogens with zero attached hydrogens (tertiary/aromatic N) is 2. The minimum atomic E-state index is -0.429. The summed E-state index contributed by atoms with van der Waals surface area (Å²) in [4.78, 5) is 25.8. The quantitative estimate of drug-likeness (QED) is 0.347. The molecule has 0 saturated carbocycles. The number of non-ortho nitro benzene ring substituents is 1. The number of Topliss-reactive ketones (excluding diaryl/α,β-unsaturated/α-hetero) is 1. The maximum atomic E-state index is 12.3. The molecule has 0 aliphatic heterocycles. The van der Waals surface area contributed by atoms with Gasteiger partial charge >= 0.3 is 0 Å². The van der Waals surface area contributed by atoms with Gasteiger partial charge in [-0.05, 0) is 18.2 Å². The molecule has 2 aromatic heterocycles. The van der Waals surface area contributed by atoms with E-state index >= 15 is 0 Å². The third-order valence-electron chi connectivity index (χ3n) is 3.48. The molecule has 0 fully saturated rings. The van der Waals surface area contributed by atoms with E-state index in [1.165, 1.54) is 12.1 Å². The van der Waals surface area contributed by atoms with Gasteiger partial charge in [-0.15, -0.1) is 0 Å².